The van der Waals surface area contributed by atoms with Gasteiger partial charge in [0.05, 0.1) is 5.69 Å². The van der Waals surface area contributed by atoms with E-state index in [0.29, 0.717) is 23.4 Å². The summed E-state index contributed by atoms with van der Waals surface area (Å²) in [5.41, 5.74) is 0.829. The van der Waals surface area contributed by atoms with Crippen LogP contribution in [-0.4, -0.2) is 46.5 Å². The fraction of sp³-hybridized carbons (Fsp3) is 0.500. The van der Waals surface area contributed by atoms with Crippen LogP contribution >= 0.6 is 0 Å². The van der Waals surface area contributed by atoms with Crippen molar-refractivity contribution in [3.8, 4) is 5.75 Å². The van der Waals surface area contributed by atoms with Gasteiger partial charge in [0.1, 0.15) is 11.8 Å². The van der Waals surface area contributed by atoms with Crippen LogP contribution in [0.3, 0.4) is 0 Å². The molecule has 7 nitrogen and oxygen atoms in total. The molecule has 25 heavy (non-hydrogen) atoms. The van der Waals surface area contributed by atoms with E-state index in [9.17, 15) is 19.5 Å². The van der Waals surface area contributed by atoms with Crippen LogP contribution < -0.4 is 10.1 Å². The molecule has 2 N–H and O–H groups in total. The standard InChI is InChI=1S/C18H20N2O5/c21-16-9-25-15-6-5-11(7-12(15)19-16)17(22)20-13-4-2-1-3-10(13)8-14(20)18(23)24/h5-7,10,13-14H,1-4,8-9H2,(H,19,21)(H,23,24)/t10-,13+,14+/m1/s1. The Bertz CT molecular complexity index is 747. The highest BCUT2D eigenvalue weighted by Gasteiger charge is 2.47. The molecule has 3 atom stereocenters. The number of nitrogens with zero attached hydrogens (tertiary/aromatic N) is 1. The van der Waals surface area contributed by atoms with E-state index in [1.807, 2.05) is 0 Å². The van der Waals surface area contributed by atoms with Crippen molar-refractivity contribution in [1.29, 1.82) is 0 Å². The molecule has 0 spiro atoms. The SMILES string of the molecule is O=C1COc2ccc(C(=O)N3[C@H](C(=O)O)C[C@H]4CCCC[C@@H]43)cc2N1. The first-order valence-electron chi connectivity index (χ1n) is 8.67. The number of hydrogen-bond donors (Lipinski definition) is 2. The number of aliphatic carboxylic acids is 1. The first kappa shape index (κ1) is 15.9. The highest BCUT2D eigenvalue weighted by Crippen LogP contribution is 2.41. The molecule has 7 heteroatoms. The van der Waals surface area contributed by atoms with Gasteiger partial charge in [-0.2, -0.15) is 0 Å². The van der Waals surface area contributed by atoms with Crippen LogP contribution in [-0.2, 0) is 9.59 Å². The van der Waals surface area contributed by atoms with E-state index in [4.69, 9.17) is 4.74 Å². The Morgan fingerprint density at radius 3 is 2.84 bits per heavy atom. The summed E-state index contributed by atoms with van der Waals surface area (Å²) in [7, 11) is 0. The third-order valence-electron chi connectivity index (χ3n) is 5.47. The zero-order valence-electron chi connectivity index (χ0n) is 13.7. The summed E-state index contributed by atoms with van der Waals surface area (Å²) in [4.78, 5) is 37.8. The lowest BCUT2D eigenvalue weighted by molar-refractivity contribution is -0.141. The van der Waals surface area contributed by atoms with Gasteiger partial charge in [-0.25, -0.2) is 4.79 Å². The predicted molar refractivity (Wildman–Crippen MR) is 88.5 cm³/mol. The number of fused-ring (bicyclic) bond motifs is 2. The van der Waals surface area contributed by atoms with E-state index < -0.39 is 12.0 Å². The van der Waals surface area contributed by atoms with Gasteiger partial charge in [-0.1, -0.05) is 12.8 Å². The number of benzene rings is 1. The normalized spacial score (nSPS) is 27.8. The Balaban J connectivity index is 1.65. The zero-order chi connectivity index (χ0) is 17.6. The third-order valence-corrected chi connectivity index (χ3v) is 5.47. The quantitative estimate of drug-likeness (QED) is 0.854. The molecule has 2 fully saturated rings. The molecular formula is C18H20N2O5. The van der Waals surface area contributed by atoms with Crippen LogP contribution in [0.2, 0.25) is 0 Å². The molecule has 2 amide bonds. The fourth-order valence-electron chi connectivity index (χ4n) is 4.34. The smallest absolute Gasteiger partial charge is 0.326 e. The first-order valence-corrected chi connectivity index (χ1v) is 8.67. The van der Waals surface area contributed by atoms with Gasteiger partial charge in [0.15, 0.2) is 6.61 Å². The molecule has 0 bridgehead atoms. The Hall–Kier alpha value is -2.57. The van der Waals surface area contributed by atoms with E-state index >= 15 is 0 Å². The minimum atomic E-state index is -0.947. The second-order valence-corrected chi connectivity index (χ2v) is 6.96. The van der Waals surface area contributed by atoms with Gasteiger partial charge in [0.2, 0.25) is 0 Å². The van der Waals surface area contributed by atoms with Crippen LogP contribution in [0, 0.1) is 5.92 Å². The Kier molecular flexibility index (Phi) is 3.86. The summed E-state index contributed by atoms with van der Waals surface area (Å²) in [6.07, 6.45) is 4.47. The van der Waals surface area contributed by atoms with E-state index in [-0.39, 0.29) is 30.4 Å². The Labute approximate surface area is 144 Å². The lowest BCUT2D eigenvalue weighted by Crippen LogP contribution is -2.46. The van der Waals surface area contributed by atoms with Crippen molar-refractivity contribution in [2.24, 2.45) is 5.92 Å². The van der Waals surface area contributed by atoms with Crippen molar-refractivity contribution >= 4 is 23.5 Å². The number of carboxylic acids is 1. The van der Waals surface area contributed by atoms with Crippen molar-refractivity contribution < 1.29 is 24.2 Å². The highest BCUT2D eigenvalue weighted by atomic mass is 16.5. The monoisotopic (exact) mass is 344 g/mol. The van der Waals surface area contributed by atoms with Gasteiger partial charge in [-0.3, -0.25) is 9.59 Å². The molecule has 2 aliphatic heterocycles. The van der Waals surface area contributed by atoms with E-state index in [1.54, 1.807) is 23.1 Å². The van der Waals surface area contributed by atoms with Crippen LogP contribution in [0.25, 0.3) is 0 Å². The number of likely N-dealkylation sites (tertiary alicyclic amines) is 1. The van der Waals surface area contributed by atoms with Gasteiger partial charge in [0, 0.05) is 11.6 Å². The first-order chi connectivity index (χ1) is 12.0. The fourth-order valence-corrected chi connectivity index (χ4v) is 4.34. The summed E-state index contributed by atoms with van der Waals surface area (Å²) < 4.78 is 5.31. The van der Waals surface area contributed by atoms with Crippen molar-refractivity contribution in [2.75, 3.05) is 11.9 Å². The topological polar surface area (TPSA) is 95.9 Å². The van der Waals surface area contributed by atoms with Crippen LogP contribution in [0.15, 0.2) is 18.2 Å². The van der Waals surface area contributed by atoms with Crippen LogP contribution in [0.5, 0.6) is 5.75 Å². The lowest BCUT2D eigenvalue weighted by Gasteiger charge is -2.33. The van der Waals surface area contributed by atoms with Gasteiger partial charge in [-0.15, -0.1) is 0 Å². The molecular weight excluding hydrogens is 324 g/mol. The Morgan fingerprint density at radius 1 is 1.24 bits per heavy atom. The minimum absolute atomic E-state index is 0.00998. The molecule has 1 saturated carbocycles. The van der Waals surface area contributed by atoms with Crippen molar-refractivity contribution in [2.45, 2.75) is 44.2 Å². The van der Waals surface area contributed by atoms with Crippen LogP contribution in [0.1, 0.15) is 42.5 Å². The van der Waals surface area contributed by atoms with Gasteiger partial charge >= 0.3 is 5.97 Å². The molecule has 3 aliphatic rings. The lowest BCUT2D eigenvalue weighted by atomic mass is 9.84. The molecule has 2 heterocycles. The second kappa shape index (κ2) is 6.06. The van der Waals surface area contributed by atoms with E-state index in [2.05, 4.69) is 5.32 Å². The maximum Gasteiger partial charge on any atom is 0.326 e. The molecule has 1 aromatic carbocycles. The van der Waals surface area contributed by atoms with Gasteiger partial charge in [0.25, 0.3) is 11.8 Å². The van der Waals surface area contributed by atoms with Crippen molar-refractivity contribution in [1.82, 2.24) is 4.90 Å². The average Bonchev–Trinajstić information content (AvgIpc) is 3.00. The molecule has 1 aliphatic carbocycles. The second-order valence-electron chi connectivity index (χ2n) is 6.96. The van der Waals surface area contributed by atoms with Gasteiger partial charge in [-0.05, 0) is 43.4 Å². The Morgan fingerprint density at radius 2 is 2.04 bits per heavy atom. The van der Waals surface area contributed by atoms with Gasteiger partial charge < -0.3 is 20.1 Å². The number of carbonyl (C=O) groups excluding carboxylic acids is 2. The maximum absolute atomic E-state index is 13.1. The molecule has 0 radical (unpaired) electrons. The van der Waals surface area contributed by atoms with E-state index in [0.717, 1.165) is 25.7 Å². The number of carbonyl (C=O) groups is 3. The number of carboxylic acid groups (broad SMARTS) is 1. The zero-order valence-corrected chi connectivity index (χ0v) is 13.7. The summed E-state index contributed by atoms with van der Waals surface area (Å²) >= 11 is 0. The number of hydrogen-bond acceptors (Lipinski definition) is 4. The van der Waals surface area contributed by atoms with Crippen LogP contribution in [0.4, 0.5) is 5.69 Å². The highest BCUT2D eigenvalue weighted by molar-refractivity contribution is 6.01. The van der Waals surface area contributed by atoms with E-state index in [1.165, 1.54) is 0 Å². The van der Waals surface area contributed by atoms with Crippen molar-refractivity contribution in [3.05, 3.63) is 23.8 Å². The number of anilines is 1. The third kappa shape index (κ3) is 2.73. The molecule has 4 rings (SSSR count). The predicted octanol–water partition coefficient (Wildman–Crippen LogP) is 1.88. The average molecular weight is 344 g/mol. The number of rotatable bonds is 2. The largest absolute Gasteiger partial charge is 0.482 e. The number of nitrogens with one attached hydrogen (secondary N) is 1. The molecule has 0 unspecified atom stereocenters. The molecule has 0 aromatic heterocycles. The minimum Gasteiger partial charge on any atom is -0.482 e. The summed E-state index contributed by atoms with van der Waals surface area (Å²) in [5.74, 6) is -0.724. The molecule has 1 saturated heterocycles. The summed E-state index contributed by atoms with van der Waals surface area (Å²) in [6.45, 7) is -0.0444. The number of ether oxygens (including phenoxy) is 1. The molecule has 132 valence electrons. The summed E-state index contributed by atoms with van der Waals surface area (Å²) in [5, 5.41) is 12.3. The molecule has 1 aromatic rings. The number of amides is 2. The maximum atomic E-state index is 13.1. The summed E-state index contributed by atoms with van der Waals surface area (Å²) in [6, 6.07) is 4.07. The van der Waals surface area contributed by atoms with Crippen molar-refractivity contribution in [3.63, 3.8) is 0 Å².